The zero-order valence-corrected chi connectivity index (χ0v) is 15.0. The molecule has 0 aromatic heterocycles. The minimum absolute atomic E-state index is 0.150. The molecule has 2 aromatic carbocycles. The van der Waals surface area contributed by atoms with Gasteiger partial charge in [0.2, 0.25) is 0 Å². The van der Waals surface area contributed by atoms with E-state index in [2.05, 4.69) is 5.32 Å². The van der Waals surface area contributed by atoms with Crippen LogP contribution in [-0.2, 0) is 13.0 Å². The Morgan fingerprint density at radius 2 is 1.96 bits per heavy atom. The lowest BCUT2D eigenvalue weighted by atomic mass is 10.1. The van der Waals surface area contributed by atoms with Gasteiger partial charge in [-0.05, 0) is 42.3 Å². The highest BCUT2D eigenvalue weighted by Crippen LogP contribution is 2.27. The van der Waals surface area contributed by atoms with Crippen LogP contribution in [0.25, 0.3) is 0 Å². The van der Waals surface area contributed by atoms with Gasteiger partial charge < -0.3 is 20.1 Å². The highest BCUT2D eigenvalue weighted by Gasteiger charge is 2.19. The number of amides is 2. The van der Waals surface area contributed by atoms with Crippen molar-refractivity contribution >= 4 is 29.2 Å². The molecule has 5 nitrogen and oxygen atoms in total. The van der Waals surface area contributed by atoms with E-state index < -0.39 is 0 Å². The normalized spacial score (nSPS) is 13.6. The predicted molar refractivity (Wildman–Crippen MR) is 97.6 cm³/mol. The summed E-state index contributed by atoms with van der Waals surface area (Å²) < 4.78 is 5.60. The van der Waals surface area contributed by atoms with E-state index in [1.54, 1.807) is 29.2 Å². The van der Waals surface area contributed by atoms with Gasteiger partial charge in [-0.25, -0.2) is 4.79 Å². The fourth-order valence-corrected chi connectivity index (χ4v) is 3.28. The number of nitrogens with zero attached hydrogens (tertiary/aromatic N) is 1. The maximum Gasteiger partial charge on any atom is 0.317 e. The van der Waals surface area contributed by atoms with E-state index in [4.69, 9.17) is 27.9 Å². The average Bonchev–Trinajstić information content (AvgIpc) is 2.75. The van der Waals surface area contributed by atoms with Crippen LogP contribution >= 0.6 is 23.2 Å². The fourth-order valence-electron chi connectivity index (χ4n) is 2.71. The number of phenols is 1. The average molecular weight is 381 g/mol. The van der Waals surface area contributed by atoms with Crippen molar-refractivity contribution in [2.75, 3.05) is 19.7 Å². The summed E-state index contributed by atoms with van der Waals surface area (Å²) in [4.78, 5) is 14.1. The second kappa shape index (κ2) is 7.85. The number of nitrogens with one attached hydrogen (secondary N) is 1. The molecule has 0 aliphatic carbocycles. The number of ether oxygens (including phenoxy) is 1. The SMILES string of the molecule is O=C(NCCc1cc(Cl)cc(Cl)c1)N1CCOc2cc(O)ccc2C1. The fraction of sp³-hybridized carbons (Fsp3) is 0.278. The molecule has 0 atom stereocenters. The summed E-state index contributed by atoms with van der Waals surface area (Å²) in [5.74, 6) is 0.765. The van der Waals surface area contributed by atoms with Crippen LogP contribution in [0.5, 0.6) is 11.5 Å². The van der Waals surface area contributed by atoms with Gasteiger partial charge in [-0.2, -0.15) is 0 Å². The lowest BCUT2D eigenvalue weighted by Crippen LogP contribution is -2.41. The number of urea groups is 1. The van der Waals surface area contributed by atoms with Crippen LogP contribution in [0.15, 0.2) is 36.4 Å². The Bertz CT molecular complexity index is 763. The molecular weight excluding hydrogens is 363 g/mol. The Balaban J connectivity index is 1.57. The maximum atomic E-state index is 12.4. The molecule has 0 radical (unpaired) electrons. The molecule has 0 bridgehead atoms. The topological polar surface area (TPSA) is 61.8 Å². The maximum absolute atomic E-state index is 12.4. The number of hydrogen-bond donors (Lipinski definition) is 2. The number of benzene rings is 2. The smallest absolute Gasteiger partial charge is 0.317 e. The van der Waals surface area contributed by atoms with Gasteiger partial charge >= 0.3 is 6.03 Å². The second-order valence-corrected chi connectivity index (χ2v) is 6.69. The summed E-state index contributed by atoms with van der Waals surface area (Å²) in [5, 5.41) is 13.6. The number of phenolic OH excluding ortho intramolecular Hbond substituents is 1. The van der Waals surface area contributed by atoms with Crippen molar-refractivity contribution in [2.24, 2.45) is 0 Å². The quantitative estimate of drug-likeness (QED) is 0.849. The molecule has 2 N–H and O–H groups in total. The van der Waals surface area contributed by atoms with Crippen molar-refractivity contribution in [1.82, 2.24) is 10.2 Å². The first-order chi connectivity index (χ1) is 12.0. The molecule has 2 amide bonds. The van der Waals surface area contributed by atoms with Crippen LogP contribution in [0, 0.1) is 0 Å². The Kier molecular flexibility index (Phi) is 5.56. The number of rotatable bonds is 3. The third kappa shape index (κ3) is 4.71. The van der Waals surface area contributed by atoms with Crippen LogP contribution in [-0.4, -0.2) is 35.7 Å². The first kappa shape index (κ1) is 17.7. The first-order valence-corrected chi connectivity index (χ1v) is 8.69. The molecular formula is C18H18Cl2N2O3. The summed E-state index contributed by atoms with van der Waals surface area (Å²) in [6, 6.07) is 10.1. The molecule has 3 rings (SSSR count). The summed E-state index contributed by atoms with van der Waals surface area (Å²) in [6.45, 7) is 1.78. The van der Waals surface area contributed by atoms with Crippen molar-refractivity contribution in [2.45, 2.75) is 13.0 Å². The van der Waals surface area contributed by atoms with Gasteiger partial charge in [0.1, 0.15) is 18.1 Å². The highest BCUT2D eigenvalue weighted by atomic mass is 35.5. The van der Waals surface area contributed by atoms with Gasteiger partial charge in [0.15, 0.2) is 0 Å². The van der Waals surface area contributed by atoms with Crippen LogP contribution in [0.4, 0.5) is 4.79 Å². The number of aromatic hydroxyl groups is 1. The minimum atomic E-state index is -0.155. The Morgan fingerprint density at radius 3 is 2.72 bits per heavy atom. The van der Waals surface area contributed by atoms with Gasteiger partial charge in [-0.15, -0.1) is 0 Å². The molecule has 0 saturated carbocycles. The summed E-state index contributed by atoms with van der Waals surface area (Å²) >= 11 is 12.0. The molecule has 1 heterocycles. The largest absolute Gasteiger partial charge is 0.508 e. The summed E-state index contributed by atoms with van der Waals surface area (Å²) in [7, 11) is 0. The lowest BCUT2D eigenvalue weighted by molar-refractivity contribution is 0.188. The minimum Gasteiger partial charge on any atom is -0.508 e. The Labute approximate surface area is 156 Å². The van der Waals surface area contributed by atoms with Crippen LogP contribution in [0.2, 0.25) is 10.0 Å². The predicted octanol–water partition coefficient (Wildman–Crippen LogP) is 3.85. The zero-order valence-electron chi connectivity index (χ0n) is 13.5. The van der Waals surface area contributed by atoms with Crippen molar-refractivity contribution in [3.63, 3.8) is 0 Å². The van der Waals surface area contributed by atoms with E-state index >= 15 is 0 Å². The van der Waals surface area contributed by atoms with Crippen molar-refractivity contribution < 1.29 is 14.6 Å². The van der Waals surface area contributed by atoms with Gasteiger partial charge in [-0.1, -0.05) is 23.2 Å². The third-order valence-electron chi connectivity index (χ3n) is 3.93. The molecule has 2 aromatic rings. The number of hydrogen-bond acceptors (Lipinski definition) is 3. The Morgan fingerprint density at radius 1 is 1.20 bits per heavy atom. The van der Waals surface area contributed by atoms with Gasteiger partial charge in [0.05, 0.1) is 13.1 Å². The summed E-state index contributed by atoms with van der Waals surface area (Å²) in [5.41, 5.74) is 1.84. The highest BCUT2D eigenvalue weighted by molar-refractivity contribution is 6.34. The molecule has 0 saturated heterocycles. The van der Waals surface area contributed by atoms with Crippen LogP contribution in [0.3, 0.4) is 0 Å². The van der Waals surface area contributed by atoms with E-state index in [0.29, 0.717) is 48.5 Å². The van der Waals surface area contributed by atoms with E-state index in [1.807, 2.05) is 12.1 Å². The monoisotopic (exact) mass is 380 g/mol. The Hall–Kier alpha value is -2.11. The summed E-state index contributed by atoms with van der Waals surface area (Å²) in [6.07, 6.45) is 0.640. The third-order valence-corrected chi connectivity index (χ3v) is 4.37. The van der Waals surface area contributed by atoms with Crippen molar-refractivity contribution in [3.8, 4) is 11.5 Å². The van der Waals surface area contributed by atoms with Gasteiger partial charge in [0, 0.05) is 28.2 Å². The zero-order chi connectivity index (χ0) is 17.8. The standard InChI is InChI=1S/C18H18Cl2N2O3/c19-14-7-12(8-15(20)9-14)3-4-21-18(24)22-5-6-25-17-10-16(23)2-1-13(17)11-22/h1-2,7-10,23H,3-6,11H2,(H,21,24). The molecule has 0 spiro atoms. The first-order valence-electron chi connectivity index (χ1n) is 7.94. The van der Waals surface area contributed by atoms with Gasteiger partial charge in [0.25, 0.3) is 0 Å². The van der Waals surface area contributed by atoms with Crippen molar-refractivity contribution in [3.05, 3.63) is 57.6 Å². The van der Waals surface area contributed by atoms with E-state index in [9.17, 15) is 9.90 Å². The molecule has 7 heteroatoms. The van der Waals surface area contributed by atoms with Crippen molar-refractivity contribution in [1.29, 1.82) is 0 Å². The van der Waals surface area contributed by atoms with E-state index in [0.717, 1.165) is 11.1 Å². The van der Waals surface area contributed by atoms with E-state index in [-0.39, 0.29) is 11.8 Å². The lowest BCUT2D eigenvalue weighted by Gasteiger charge is -2.20. The van der Waals surface area contributed by atoms with E-state index in [1.165, 1.54) is 0 Å². The number of carbonyl (C=O) groups is 1. The second-order valence-electron chi connectivity index (χ2n) is 5.82. The molecule has 1 aliphatic rings. The van der Waals surface area contributed by atoms with Crippen LogP contribution in [0.1, 0.15) is 11.1 Å². The molecule has 1 aliphatic heterocycles. The molecule has 25 heavy (non-hydrogen) atoms. The number of carbonyl (C=O) groups excluding carboxylic acids is 1. The number of halogens is 2. The molecule has 132 valence electrons. The van der Waals surface area contributed by atoms with Gasteiger partial charge in [-0.3, -0.25) is 0 Å². The molecule has 0 fully saturated rings. The van der Waals surface area contributed by atoms with Crippen LogP contribution < -0.4 is 10.1 Å². The molecule has 0 unspecified atom stereocenters. The number of fused-ring (bicyclic) bond motifs is 1.